The van der Waals surface area contributed by atoms with E-state index < -0.39 is 0 Å². The summed E-state index contributed by atoms with van der Waals surface area (Å²) in [5, 5.41) is 8.62. The quantitative estimate of drug-likeness (QED) is 0.751. The summed E-state index contributed by atoms with van der Waals surface area (Å²) >= 11 is 0. The number of nitrogens with zero attached hydrogens (tertiary/aromatic N) is 1. The van der Waals surface area contributed by atoms with Crippen molar-refractivity contribution in [1.29, 1.82) is 5.26 Å². The van der Waals surface area contributed by atoms with E-state index in [0.29, 0.717) is 6.42 Å². The molecule has 0 aliphatic heterocycles. The molecule has 1 heteroatoms. The molecule has 0 heterocycles. The molecule has 0 spiro atoms. The van der Waals surface area contributed by atoms with Crippen molar-refractivity contribution < 1.29 is 0 Å². The van der Waals surface area contributed by atoms with E-state index in [0.717, 1.165) is 5.56 Å². The Morgan fingerprint density at radius 2 is 1.53 bits per heavy atom. The van der Waals surface area contributed by atoms with Gasteiger partial charge in [0, 0.05) is 0 Å². The molecule has 0 N–H and O–H groups in total. The van der Waals surface area contributed by atoms with Gasteiger partial charge in [0.1, 0.15) is 0 Å². The Balaban J connectivity index is 2.33. The Bertz CT molecular complexity index is 559. The summed E-state index contributed by atoms with van der Waals surface area (Å²) in [7, 11) is 0. The van der Waals surface area contributed by atoms with E-state index in [-0.39, 0.29) is 0 Å². The third kappa shape index (κ3) is 2.54. The maximum Gasteiger partial charge on any atom is 0.0669 e. The van der Waals surface area contributed by atoms with Crippen LogP contribution in [-0.2, 0) is 6.42 Å². The van der Waals surface area contributed by atoms with Gasteiger partial charge in [0.25, 0.3) is 0 Å². The van der Waals surface area contributed by atoms with E-state index in [1.54, 1.807) is 0 Å². The number of hydrogen-bond acceptors (Lipinski definition) is 1. The van der Waals surface area contributed by atoms with Crippen molar-refractivity contribution in [2.45, 2.75) is 20.3 Å². The third-order valence-electron chi connectivity index (χ3n) is 3.08. The first-order chi connectivity index (χ1) is 8.20. The number of nitriles is 1. The van der Waals surface area contributed by atoms with Crippen LogP contribution in [0.4, 0.5) is 0 Å². The summed E-state index contributed by atoms with van der Waals surface area (Å²) in [5.74, 6) is 0. The van der Waals surface area contributed by atoms with Crippen molar-refractivity contribution in [3.63, 3.8) is 0 Å². The Morgan fingerprint density at radius 3 is 2.12 bits per heavy atom. The molecule has 0 amide bonds. The molecule has 0 radical (unpaired) electrons. The van der Waals surface area contributed by atoms with E-state index in [1.807, 2.05) is 12.1 Å². The smallest absolute Gasteiger partial charge is 0.0669 e. The minimum atomic E-state index is 0.479. The molecular formula is C16H15N. The maximum atomic E-state index is 8.62. The summed E-state index contributed by atoms with van der Waals surface area (Å²) in [5.41, 5.74) is 6.13. The fourth-order valence-corrected chi connectivity index (χ4v) is 1.83. The Hall–Kier alpha value is -2.07. The van der Waals surface area contributed by atoms with E-state index in [4.69, 9.17) is 5.26 Å². The summed E-state index contributed by atoms with van der Waals surface area (Å²) in [6.07, 6.45) is 0.479. The van der Waals surface area contributed by atoms with Crippen LogP contribution in [0, 0.1) is 25.2 Å². The van der Waals surface area contributed by atoms with Crippen LogP contribution in [0.3, 0.4) is 0 Å². The maximum absolute atomic E-state index is 8.62. The molecule has 2 rings (SSSR count). The van der Waals surface area contributed by atoms with E-state index in [2.05, 4.69) is 50.2 Å². The number of aryl methyl sites for hydroxylation is 2. The third-order valence-corrected chi connectivity index (χ3v) is 3.08. The first-order valence-electron chi connectivity index (χ1n) is 5.74. The van der Waals surface area contributed by atoms with Gasteiger partial charge in [0.2, 0.25) is 0 Å². The lowest BCUT2D eigenvalue weighted by Crippen LogP contribution is -1.85. The van der Waals surface area contributed by atoms with Gasteiger partial charge < -0.3 is 0 Å². The Labute approximate surface area is 102 Å². The van der Waals surface area contributed by atoms with Crippen LogP contribution in [0.5, 0.6) is 0 Å². The highest BCUT2D eigenvalue weighted by Gasteiger charge is 2.00. The normalized spacial score (nSPS) is 9.94. The second-order valence-electron chi connectivity index (χ2n) is 4.33. The van der Waals surface area contributed by atoms with Crippen LogP contribution in [0.15, 0.2) is 42.5 Å². The molecule has 0 aliphatic rings. The lowest BCUT2D eigenvalue weighted by molar-refractivity contribution is 1.26. The highest BCUT2D eigenvalue weighted by atomic mass is 14.2. The summed E-state index contributed by atoms with van der Waals surface area (Å²) in [4.78, 5) is 0. The van der Waals surface area contributed by atoms with Crippen LogP contribution in [0.25, 0.3) is 11.1 Å². The zero-order valence-corrected chi connectivity index (χ0v) is 10.2. The van der Waals surface area contributed by atoms with Crippen LogP contribution in [0.1, 0.15) is 16.7 Å². The standard InChI is InChI=1S/C16H15N/c1-12-3-6-16(11-13(12)2)15-7-4-14(5-8-15)9-10-17/h3-8,11H,9H2,1-2H3. The zero-order valence-electron chi connectivity index (χ0n) is 10.2. The van der Waals surface area contributed by atoms with Gasteiger partial charge in [-0.2, -0.15) is 5.26 Å². The molecule has 1 nitrogen and oxygen atoms in total. The molecule has 0 fully saturated rings. The SMILES string of the molecule is Cc1ccc(-c2ccc(CC#N)cc2)cc1C. The number of rotatable bonds is 2. The van der Waals surface area contributed by atoms with Gasteiger partial charge >= 0.3 is 0 Å². The Morgan fingerprint density at radius 1 is 0.882 bits per heavy atom. The molecule has 17 heavy (non-hydrogen) atoms. The van der Waals surface area contributed by atoms with Crippen molar-refractivity contribution in [1.82, 2.24) is 0 Å². The van der Waals surface area contributed by atoms with Crippen LogP contribution in [0.2, 0.25) is 0 Å². The van der Waals surface area contributed by atoms with Crippen LogP contribution < -0.4 is 0 Å². The molecule has 0 bridgehead atoms. The van der Waals surface area contributed by atoms with E-state index >= 15 is 0 Å². The number of hydrogen-bond donors (Lipinski definition) is 0. The highest BCUT2D eigenvalue weighted by Crippen LogP contribution is 2.22. The van der Waals surface area contributed by atoms with E-state index in [1.165, 1.54) is 22.3 Å². The molecule has 0 aliphatic carbocycles. The first kappa shape index (κ1) is 11.4. The van der Waals surface area contributed by atoms with Crippen molar-refractivity contribution in [2.75, 3.05) is 0 Å². The summed E-state index contributed by atoms with van der Waals surface area (Å²) < 4.78 is 0. The van der Waals surface area contributed by atoms with Gasteiger partial charge in [0.05, 0.1) is 12.5 Å². The van der Waals surface area contributed by atoms with Crippen molar-refractivity contribution in [3.05, 3.63) is 59.2 Å². The van der Waals surface area contributed by atoms with Crippen LogP contribution in [-0.4, -0.2) is 0 Å². The molecule has 0 unspecified atom stereocenters. The van der Waals surface area contributed by atoms with Crippen molar-refractivity contribution >= 4 is 0 Å². The largest absolute Gasteiger partial charge is 0.198 e. The minimum absolute atomic E-state index is 0.479. The zero-order chi connectivity index (χ0) is 12.3. The van der Waals surface area contributed by atoms with Gasteiger partial charge in [-0.1, -0.05) is 42.5 Å². The van der Waals surface area contributed by atoms with Gasteiger partial charge in [-0.15, -0.1) is 0 Å². The summed E-state index contributed by atoms with van der Waals surface area (Å²) in [6, 6.07) is 16.9. The van der Waals surface area contributed by atoms with Crippen LogP contribution >= 0.6 is 0 Å². The predicted octanol–water partition coefficient (Wildman–Crippen LogP) is 4.04. The molecule has 0 aromatic heterocycles. The molecule has 0 saturated carbocycles. The van der Waals surface area contributed by atoms with E-state index in [9.17, 15) is 0 Å². The Kier molecular flexibility index (Phi) is 3.25. The van der Waals surface area contributed by atoms with Gasteiger partial charge in [-0.25, -0.2) is 0 Å². The lowest BCUT2D eigenvalue weighted by atomic mass is 9.99. The van der Waals surface area contributed by atoms with Gasteiger partial charge in [-0.3, -0.25) is 0 Å². The average molecular weight is 221 g/mol. The average Bonchev–Trinajstić information content (AvgIpc) is 2.34. The predicted molar refractivity (Wildman–Crippen MR) is 70.7 cm³/mol. The molecule has 2 aromatic rings. The molecule has 0 atom stereocenters. The van der Waals surface area contributed by atoms with Crippen molar-refractivity contribution in [2.24, 2.45) is 0 Å². The van der Waals surface area contributed by atoms with Gasteiger partial charge in [-0.05, 0) is 41.7 Å². The van der Waals surface area contributed by atoms with Gasteiger partial charge in [0.15, 0.2) is 0 Å². The minimum Gasteiger partial charge on any atom is -0.198 e. The molecule has 84 valence electrons. The first-order valence-corrected chi connectivity index (χ1v) is 5.74. The topological polar surface area (TPSA) is 23.8 Å². The fraction of sp³-hybridized carbons (Fsp3) is 0.188. The lowest BCUT2D eigenvalue weighted by Gasteiger charge is -2.06. The number of benzene rings is 2. The highest BCUT2D eigenvalue weighted by molar-refractivity contribution is 5.65. The molecule has 2 aromatic carbocycles. The fourth-order valence-electron chi connectivity index (χ4n) is 1.83. The molecular weight excluding hydrogens is 206 g/mol. The molecule has 0 saturated heterocycles. The second-order valence-corrected chi connectivity index (χ2v) is 4.33. The van der Waals surface area contributed by atoms with Crippen molar-refractivity contribution in [3.8, 4) is 17.2 Å². The second kappa shape index (κ2) is 4.84. The summed E-state index contributed by atoms with van der Waals surface area (Å²) in [6.45, 7) is 4.25. The monoisotopic (exact) mass is 221 g/mol.